The first-order valence-electron chi connectivity index (χ1n) is 10.8. The van der Waals surface area contributed by atoms with E-state index in [1.54, 1.807) is 47.4 Å². The highest BCUT2D eigenvalue weighted by Gasteiger charge is 2.23. The molecule has 178 valence electrons. The van der Waals surface area contributed by atoms with Gasteiger partial charge in [0.2, 0.25) is 5.91 Å². The largest absolute Gasteiger partial charge is 0.384 e. The van der Waals surface area contributed by atoms with E-state index in [2.05, 4.69) is 4.72 Å². The molecular formula is C25H27ClN4O3S. The van der Waals surface area contributed by atoms with Gasteiger partial charge in [0.1, 0.15) is 5.84 Å². The summed E-state index contributed by atoms with van der Waals surface area (Å²) in [4.78, 5) is 15.0. The lowest BCUT2D eigenvalue weighted by atomic mass is 10.00. The third-order valence-electron chi connectivity index (χ3n) is 5.67. The third kappa shape index (κ3) is 5.76. The summed E-state index contributed by atoms with van der Waals surface area (Å²) in [5.41, 5.74) is 9.41. The van der Waals surface area contributed by atoms with Crippen LogP contribution in [0, 0.1) is 5.41 Å². The second-order valence-electron chi connectivity index (χ2n) is 8.03. The number of hydrogen-bond donors (Lipinski definition) is 3. The first kappa shape index (κ1) is 25.3. The molecule has 1 heterocycles. The highest BCUT2D eigenvalue weighted by molar-refractivity contribution is 7.92. The van der Waals surface area contributed by atoms with Crippen LogP contribution in [0.1, 0.15) is 29.5 Å². The predicted octanol–water partition coefficient (Wildman–Crippen LogP) is 4.11. The fourth-order valence-electron chi connectivity index (χ4n) is 4.01. The summed E-state index contributed by atoms with van der Waals surface area (Å²) in [6.45, 7) is 0.633. The van der Waals surface area contributed by atoms with Crippen LogP contribution < -0.4 is 15.4 Å². The zero-order valence-corrected chi connectivity index (χ0v) is 20.2. The van der Waals surface area contributed by atoms with Crippen LogP contribution in [0.2, 0.25) is 0 Å². The maximum absolute atomic E-state index is 13.0. The molecule has 0 saturated heterocycles. The second kappa shape index (κ2) is 10.7. The van der Waals surface area contributed by atoms with E-state index in [4.69, 9.17) is 11.1 Å². The Morgan fingerprint density at radius 3 is 2.53 bits per heavy atom. The number of nitrogens with two attached hydrogens (primary N) is 1. The zero-order valence-electron chi connectivity index (χ0n) is 18.5. The number of halogens is 1. The zero-order chi connectivity index (χ0) is 23.4. The molecule has 3 aromatic rings. The van der Waals surface area contributed by atoms with Gasteiger partial charge in [-0.05, 0) is 66.8 Å². The van der Waals surface area contributed by atoms with Crippen molar-refractivity contribution in [3.63, 3.8) is 0 Å². The molecule has 0 radical (unpaired) electrons. The van der Waals surface area contributed by atoms with Gasteiger partial charge < -0.3 is 10.6 Å². The van der Waals surface area contributed by atoms with Gasteiger partial charge in [-0.3, -0.25) is 14.9 Å². The van der Waals surface area contributed by atoms with Gasteiger partial charge in [0.15, 0.2) is 0 Å². The molecule has 0 saturated carbocycles. The molecule has 0 spiro atoms. The van der Waals surface area contributed by atoms with Gasteiger partial charge in [0.05, 0.1) is 4.90 Å². The van der Waals surface area contributed by atoms with Crippen molar-refractivity contribution in [2.75, 3.05) is 16.2 Å². The molecule has 0 aromatic heterocycles. The SMILES string of the molecule is Cl.N=C(N)c1cccc(CCC(=O)N2CCCc3cc(NS(=O)(=O)c4ccccc4)ccc32)c1. The Balaban J connectivity index is 0.00000324. The van der Waals surface area contributed by atoms with Gasteiger partial charge in [0, 0.05) is 29.9 Å². The van der Waals surface area contributed by atoms with Crippen LogP contribution in [0.3, 0.4) is 0 Å². The second-order valence-corrected chi connectivity index (χ2v) is 9.71. The van der Waals surface area contributed by atoms with Crippen molar-refractivity contribution in [1.29, 1.82) is 5.41 Å². The summed E-state index contributed by atoms with van der Waals surface area (Å²) in [6, 6.07) is 20.9. The van der Waals surface area contributed by atoms with Gasteiger partial charge in [-0.2, -0.15) is 0 Å². The fraction of sp³-hybridized carbons (Fsp3) is 0.200. The smallest absolute Gasteiger partial charge is 0.261 e. The Morgan fingerprint density at radius 1 is 1.03 bits per heavy atom. The van der Waals surface area contributed by atoms with Crippen molar-refractivity contribution in [1.82, 2.24) is 0 Å². The van der Waals surface area contributed by atoms with Gasteiger partial charge in [-0.1, -0.05) is 36.4 Å². The molecule has 1 aliphatic heterocycles. The summed E-state index contributed by atoms with van der Waals surface area (Å²) >= 11 is 0. The molecule has 34 heavy (non-hydrogen) atoms. The molecule has 7 nitrogen and oxygen atoms in total. The molecular weight excluding hydrogens is 472 g/mol. The van der Waals surface area contributed by atoms with Crippen LogP contribution in [0.4, 0.5) is 11.4 Å². The molecule has 1 amide bonds. The van der Waals surface area contributed by atoms with E-state index in [-0.39, 0.29) is 29.0 Å². The number of nitrogen functional groups attached to an aromatic ring is 1. The minimum absolute atomic E-state index is 0. The molecule has 0 atom stereocenters. The summed E-state index contributed by atoms with van der Waals surface area (Å²) in [5, 5.41) is 7.57. The highest BCUT2D eigenvalue weighted by atomic mass is 35.5. The average molecular weight is 499 g/mol. The number of anilines is 2. The number of nitrogens with zero attached hydrogens (tertiary/aromatic N) is 1. The first-order valence-corrected chi connectivity index (χ1v) is 12.3. The Morgan fingerprint density at radius 2 is 1.79 bits per heavy atom. The lowest BCUT2D eigenvalue weighted by molar-refractivity contribution is -0.118. The predicted molar refractivity (Wildman–Crippen MR) is 137 cm³/mol. The molecule has 9 heteroatoms. The topological polar surface area (TPSA) is 116 Å². The number of benzene rings is 3. The van der Waals surface area contributed by atoms with Crippen LogP contribution in [0.25, 0.3) is 0 Å². The number of hydrogen-bond acceptors (Lipinski definition) is 4. The number of amides is 1. The number of nitrogens with one attached hydrogen (secondary N) is 2. The maximum Gasteiger partial charge on any atom is 0.261 e. The van der Waals surface area contributed by atoms with Gasteiger partial charge in [-0.15, -0.1) is 12.4 Å². The molecule has 4 rings (SSSR count). The third-order valence-corrected chi connectivity index (χ3v) is 7.07. The molecule has 0 aliphatic carbocycles. The van der Waals surface area contributed by atoms with Crippen molar-refractivity contribution in [2.24, 2.45) is 5.73 Å². The van der Waals surface area contributed by atoms with Crippen molar-refractivity contribution in [3.05, 3.63) is 89.5 Å². The Hall–Kier alpha value is -3.36. The molecule has 1 aliphatic rings. The van der Waals surface area contributed by atoms with Crippen LogP contribution in [-0.4, -0.2) is 26.7 Å². The lowest BCUT2D eigenvalue weighted by Gasteiger charge is -2.30. The van der Waals surface area contributed by atoms with E-state index in [1.807, 2.05) is 30.3 Å². The van der Waals surface area contributed by atoms with E-state index >= 15 is 0 Å². The van der Waals surface area contributed by atoms with Crippen molar-refractivity contribution >= 4 is 45.5 Å². The van der Waals surface area contributed by atoms with Crippen LogP contribution >= 0.6 is 12.4 Å². The van der Waals surface area contributed by atoms with E-state index in [1.165, 1.54) is 0 Å². The molecule has 0 unspecified atom stereocenters. The number of carbonyl (C=O) groups excluding carboxylic acids is 1. The lowest BCUT2D eigenvalue weighted by Crippen LogP contribution is -2.35. The van der Waals surface area contributed by atoms with E-state index in [0.717, 1.165) is 29.7 Å². The standard InChI is InChI=1S/C25H26N4O3S.ClH/c26-25(27)20-7-4-6-18(16-20)11-14-24(30)29-15-5-8-19-17-21(12-13-23(19)29)28-33(31,32)22-9-2-1-3-10-22;/h1-4,6-7,9-10,12-13,16-17,28H,5,8,11,14-15H2,(H3,26,27);1H. The van der Waals surface area contributed by atoms with Crippen LogP contribution in [0.15, 0.2) is 77.7 Å². The minimum Gasteiger partial charge on any atom is -0.384 e. The monoisotopic (exact) mass is 498 g/mol. The fourth-order valence-corrected chi connectivity index (χ4v) is 5.08. The Labute approximate surface area is 206 Å². The molecule has 0 bridgehead atoms. The van der Waals surface area contributed by atoms with Crippen molar-refractivity contribution < 1.29 is 13.2 Å². The van der Waals surface area contributed by atoms with E-state index in [9.17, 15) is 13.2 Å². The van der Waals surface area contributed by atoms with Crippen LogP contribution in [0.5, 0.6) is 0 Å². The van der Waals surface area contributed by atoms with Crippen molar-refractivity contribution in [2.45, 2.75) is 30.6 Å². The normalized spacial score (nSPS) is 12.9. The highest BCUT2D eigenvalue weighted by Crippen LogP contribution is 2.31. The summed E-state index contributed by atoms with van der Waals surface area (Å²) in [5.74, 6) is 0.0219. The number of sulfonamides is 1. The van der Waals surface area contributed by atoms with E-state index < -0.39 is 10.0 Å². The molecule has 3 aromatic carbocycles. The minimum atomic E-state index is -3.67. The Kier molecular flexibility index (Phi) is 7.96. The number of aryl methyl sites for hydroxylation is 2. The summed E-state index contributed by atoms with van der Waals surface area (Å²) in [6.07, 6.45) is 2.48. The molecule has 0 fully saturated rings. The van der Waals surface area contributed by atoms with Crippen LogP contribution in [-0.2, 0) is 27.7 Å². The quantitative estimate of drug-likeness (QED) is 0.335. The van der Waals surface area contributed by atoms with Crippen molar-refractivity contribution in [3.8, 4) is 0 Å². The number of amidine groups is 1. The first-order chi connectivity index (χ1) is 15.8. The van der Waals surface area contributed by atoms with Gasteiger partial charge in [-0.25, -0.2) is 8.42 Å². The Bertz CT molecular complexity index is 1300. The number of rotatable bonds is 7. The molecule has 4 N–H and O–H groups in total. The van der Waals surface area contributed by atoms with E-state index in [0.29, 0.717) is 30.6 Å². The summed E-state index contributed by atoms with van der Waals surface area (Å²) < 4.78 is 27.9. The number of carbonyl (C=O) groups is 1. The maximum atomic E-state index is 13.0. The van der Waals surface area contributed by atoms with Gasteiger partial charge in [0.25, 0.3) is 10.0 Å². The summed E-state index contributed by atoms with van der Waals surface area (Å²) in [7, 11) is -3.67. The number of fused-ring (bicyclic) bond motifs is 1. The van der Waals surface area contributed by atoms with Gasteiger partial charge >= 0.3 is 0 Å². The average Bonchev–Trinajstić information content (AvgIpc) is 2.82.